The molecule has 1 aromatic rings. The first kappa shape index (κ1) is 19.4. The quantitative estimate of drug-likeness (QED) is 0.471. The van der Waals surface area contributed by atoms with Crippen LogP contribution in [0.1, 0.15) is 6.92 Å². The number of carbonyl (C=O) groups excluding carboxylic acids is 2. The minimum absolute atomic E-state index is 0.0533. The van der Waals surface area contributed by atoms with Crippen LogP contribution in [0.2, 0.25) is 5.02 Å². The van der Waals surface area contributed by atoms with E-state index in [-0.39, 0.29) is 11.7 Å². The van der Waals surface area contributed by atoms with Gasteiger partial charge in [0, 0.05) is 38.1 Å². The highest BCUT2D eigenvalue weighted by Crippen LogP contribution is 2.24. The maximum atomic E-state index is 12.3. The molecular weight excluding hydrogens is 358 g/mol. The zero-order chi connectivity index (χ0) is 19.1. The summed E-state index contributed by atoms with van der Waals surface area (Å²) < 4.78 is 4.96. The standard InChI is InChI=1S/C17H20ClN5O3/c1-2-26-17(25)23-7-5-22(6-8-23)11-12(10-19)16(24)21-15-4-3-13(20)9-14(15)18/h3-4,9,11H,2,5-8,20H2,1H3,(H,21,24)/b12-11-. The number of nitrogens with one attached hydrogen (secondary N) is 1. The van der Waals surface area contributed by atoms with Gasteiger partial charge in [-0.05, 0) is 25.1 Å². The van der Waals surface area contributed by atoms with E-state index in [0.29, 0.717) is 49.2 Å². The van der Waals surface area contributed by atoms with Gasteiger partial charge in [-0.25, -0.2) is 4.79 Å². The van der Waals surface area contributed by atoms with Crippen LogP contribution in [-0.4, -0.2) is 54.6 Å². The van der Waals surface area contributed by atoms with E-state index >= 15 is 0 Å². The highest BCUT2D eigenvalue weighted by atomic mass is 35.5. The van der Waals surface area contributed by atoms with Gasteiger partial charge in [0.2, 0.25) is 0 Å². The third kappa shape index (κ3) is 5.04. The van der Waals surface area contributed by atoms with E-state index in [2.05, 4.69) is 5.32 Å². The number of rotatable bonds is 4. The summed E-state index contributed by atoms with van der Waals surface area (Å²) in [7, 11) is 0. The number of carbonyl (C=O) groups is 2. The highest BCUT2D eigenvalue weighted by molar-refractivity contribution is 6.34. The molecule has 138 valence electrons. The van der Waals surface area contributed by atoms with Crippen LogP contribution in [0.4, 0.5) is 16.2 Å². The lowest BCUT2D eigenvalue weighted by Gasteiger charge is -2.33. The van der Waals surface area contributed by atoms with E-state index < -0.39 is 5.91 Å². The second-order valence-corrected chi connectivity index (χ2v) is 5.98. The van der Waals surface area contributed by atoms with Crippen molar-refractivity contribution in [3.63, 3.8) is 0 Å². The number of nitrogens with zero attached hydrogens (tertiary/aromatic N) is 3. The summed E-state index contributed by atoms with van der Waals surface area (Å²) in [6.45, 7) is 3.99. The Morgan fingerprint density at radius 2 is 2.08 bits per heavy atom. The molecular formula is C17H20ClN5O3. The van der Waals surface area contributed by atoms with Gasteiger partial charge in [-0.3, -0.25) is 4.79 Å². The van der Waals surface area contributed by atoms with Crippen LogP contribution in [0.25, 0.3) is 0 Å². The Hall–Kier alpha value is -2.92. The number of hydrogen-bond donors (Lipinski definition) is 2. The number of amides is 2. The molecule has 0 saturated carbocycles. The third-order valence-corrected chi connectivity index (χ3v) is 4.07. The molecule has 2 rings (SSSR count). The van der Waals surface area contributed by atoms with Crippen molar-refractivity contribution in [3.05, 3.63) is 35.0 Å². The summed E-state index contributed by atoms with van der Waals surface area (Å²) >= 11 is 6.03. The number of hydrogen-bond acceptors (Lipinski definition) is 6. The molecule has 8 nitrogen and oxygen atoms in total. The molecule has 1 aromatic carbocycles. The topological polar surface area (TPSA) is 112 Å². The third-order valence-electron chi connectivity index (χ3n) is 3.76. The van der Waals surface area contributed by atoms with Crippen molar-refractivity contribution >= 4 is 35.0 Å². The molecule has 1 aliphatic heterocycles. The summed E-state index contributed by atoms with van der Waals surface area (Å²) in [5.74, 6) is -0.563. The Kier molecular flexibility index (Phi) is 6.69. The number of nitrogen functional groups attached to an aromatic ring is 1. The van der Waals surface area contributed by atoms with Gasteiger partial charge < -0.3 is 25.6 Å². The normalized spacial score (nSPS) is 14.6. The smallest absolute Gasteiger partial charge is 0.409 e. The molecule has 0 radical (unpaired) electrons. The summed E-state index contributed by atoms with van der Waals surface area (Å²) in [6, 6.07) is 6.58. The number of nitriles is 1. The Balaban J connectivity index is 1.98. The first-order chi connectivity index (χ1) is 12.4. The second-order valence-electron chi connectivity index (χ2n) is 5.57. The van der Waals surface area contributed by atoms with Crippen LogP contribution in [-0.2, 0) is 9.53 Å². The van der Waals surface area contributed by atoms with Crippen LogP contribution in [0.3, 0.4) is 0 Å². The molecule has 0 spiro atoms. The van der Waals surface area contributed by atoms with Crippen molar-refractivity contribution in [1.82, 2.24) is 9.80 Å². The first-order valence-corrected chi connectivity index (χ1v) is 8.46. The number of piperazine rings is 1. The summed E-state index contributed by atoms with van der Waals surface area (Å²) in [4.78, 5) is 27.4. The van der Waals surface area contributed by atoms with E-state index in [1.807, 2.05) is 11.0 Å². The molecule has 2 amide bonds. The average molecular weight is 378 g/mol. The fraction of sp³-hybridized carbons (Fsp3) is 0.353. The lowest BCUT2D eigenvalue weighted by Crippen LogP contribution is -2.47. The van der Waals surface area contributed by atoms with E-state index in [1.165, 1.54) is 12.3 Å². The van der Waals surface area contributed by atoms with E-state index in [1.54, 1.807) is 24.0 Å². The van der Waals surface area contributed by atoms with Gasteiger partial charge in [0.1, 0.15) is 11.6 Å². The van der Waals surface area contributed by atoms with Crippen LogP contribution in [0, 0.1) is 11.3 Å². The minimum atomic E-state index is -0.563. The van der Waals surface area contributed by atoms with Gasteiger partial charge in [-0.1, -0.05) is 11.6 Å². The van der Waals surface area contributed by atoms with E-state index in [4.69, 9.17) is 22.1 Å². The Labute approximate surface area is 156 Å². The van der Waals surface area contributed by atoms with Gasteiger partial charge in [0.15, 0.2) is 0 Å². The number of anilines is 2. The van der Waals surface area contributed by atoms with Gasteiger partial charge in [-0.2, -0.15) is 5.26 Å². The van der Waals surface area contributed by atoms with Gasteiger partial charge >= 0.3 is 6.09 Å². The van der Waals surface area contributed by atoms with Gasteiger partial charge in [0.05, 0.1) is 17.3 Å². The SMILES string of the molecule is CCOC(=O)N1CCN(/C=C(/C#N)C(=O)Nc2ccc(N)cc2Cl)CC1. The lowest BCUT2D eigenvalue weighted by atomic mass is 10.2. The van der Waals surface area contributed by atoms with E-state index in [0.717, 1.165) is 0 Å². The summed E-state index contributed by atoms with van der Waals surface area (Å²) in [6.07, 6.45) is 1.13. The molecule has 0 bridgehead atoms. The molecule has 1 saturated heterocycles. The maximum Gasteiger partial charge on any atom is 0.409 e. The van der Waals surface area contributed by atoms with E-state index in [9.17, 15) is 14.9 Å². The fourth-order valence-electron chi connectivity index (χ4n) is 2.39. The van der Waals surface area contributed by atoms with Crippen LogP contribution in [0.15, 0.2) is 30.0 Å². The molecule has 9 heteroatoms. The highest BCUT2D eigenvalue weighted by Gasteiger charge is 2.21. The molecule has 3 N–H and O–H groups in total. The Morgan fingerprint density at radius 1 is 1.38 bits per heavy atom. The number of ether oxygens (including phenoxy) is 1. The fourth-order valence-corrected chi connectivity index (χ4v) is 2.63. The van der Waals surface area contributed by atoms with Crippen molar-refractivity contribution in [2.24, 2.45) is 0 Å². The van der Waals surface area contributed by atoms with Crippen LogP contribution in [0.5, 0.6) is 0 Å². The second kappa shape index (κ2) is 8.97. The molecule has 0 aromatic heterocycles. The molecule has 0 unspecified atom stereocenters. The molecule has 1 aliphatic rings. The van der Waals surface area contributed by atoms with Crippen LogP contribution < -0.4 is 11.1 Å². The van der Waals surface area contributed by atoms with Crippen molar-refractivity contribution in [3.8, 4) is 6.07 Å². The maximum absolute atomic E-state index is 12.3. The first-order valence-electron chi connectivity index (χ1n) is 8.08. The predicted octanol–water partition coefficient (Wildman–Crippen LogP) is 2.04. The number of benzene rings is 1. The monoisotopic (exact) mass is 377 g/mol. The lowest BCUT2D eigenvalue weighted by molar-refractivity contribution is -0.112. The number of halogens is 1. The van der Waals surface area contributed by atoms with Crippen LogP contribution >= 0.6 is 11.6 Å². The molecule has 0 atom stereocenters. The van der Waals surface area contributed by atoms with Crippen molar-refractivity contribution in [2.75, 3.05) is 43.8 Å². The summed E-state index contributed by atoms with van der Waals surface area (Å²) in [5.41, 5.74) is 6.41. The van der Waals surface area contributed by atoms with Gasteiger partial charge in [0.25, 0.3) is 5.91 Å². The van der Waals surface area contributed by atoms with Gasteiger partial charge in [-0.15, -0.1) is 0 Å². The number of nitrogens with two attached hydrogens (primary N) is 1. The molecule has 1 fully saturated rings. The summed E-state index contributed by atoms with van der Waals surface area (Å²) in [5, 5.41) is 12.2. The largest absolute Gasteiger partial charge is 0.450 e. The zero-order valence-corrected chi connectivity index (χ0v) is 15.1. The average Bonchev–Trinajstić information content (AvgIpc) is 2.62. The van der Waals surface area contributed by atoms with Crippen molar-refractivity contribution in [2.45, 2.75) is 6.92 Å². The zero-order valence-electron chi connectivity index (χ0n) is 14.4. The Morgan fingerprint density at radius 3 is 2.65 bits per heavy atom. The molecule has 26 heavy (non-hydrogen) atoms. The predicted molar refractivity (Wildman–Crippen MR) is 98.4 cm³/mol. The van der Waals surface area contributed by atoms with Crippen molar-refractivity contribution < 1.29 is 14.3 Å². The molecule has 1 heterocycles. The minimum Gasteiger partial charge on any atom is -0.450 e. The van der Waals surface area contributed by atoms with Crippen molar-refractivity contribution in [1.29, 1.82) is 5.26 Å². The Bertz CT molecular complexity index is 751. The molecule has 0 aliphatic carbocycles.